The van der Waals surface area contributed by atoms with Crippen molar-refractivity contribution in [2.45, 2.75) is 13.3 Å². The van der Waals surface area contributed by atoms with Crippen LogP contribution in [0.2, 0.25) is 0 Å². The van der Waals surface area contributed by atoms with Gasteiger partial charge in [0, 0.05) is 5.56 Å². The van der Waals surface area contributed by atoms with Gasteiger partial charge in [0.2, 0.25) is 0 Å². The SMILES string of the molecule is C[C@H]1C[C@H]1C(=O)OCC(=O)NNC(=O)c1ccccc1. The topological polar surface area (TPSA) is 84.5 Å². The van der Waals surface area contributed by atoms with E-state index in [1.807, 2.05) is 6.92 Å². The van der Waals surface area contributed by atoms with Crippen LogP contribution in [0, 0.1) is 11.8 Å². The molecule has 0 aliphatic heterocycles. The first-order valence-corrected chi connectivity index (χ1v) is 6.39. The van der Waals surface area contributed by atoms with Crippen molar-refractivity contribution < 1.29 is 19.1 Å². The van der Waals surface area contributed by atoms with Gasteiger partial charge in [-0.3, -0.25) is 25.2 Å². The minimum Gasteiger partial charge on any atom is -0.455 e. The lowest BCUT2D eigenvalue weighted by molar-refractivity contribution is -0.150. The second-order valence-electron chi connectivity index (χ2n) is 4.80. The van der Waals surface area contributed by atoms with Crippen LogP contribution in [0.25, 0.3) is 0 Å². The summed E-state index contributed by atoms with van der Waals surface area (Å²) < 4.78 is 4.83. The number of hydrogen-bond donors (Lipinski definition) is 2. The third-order valence-corrected chi connectivity index (χ3v) is 3.11. The van der Waals surface area contributed by atoms with Crippen molar-refractivity contribution >= 4 is 17.8 Å². The van der Waals surface area contributed by atoms with Crippen LogP contribution in [0.3, 0.4) is 0 Å². The number of ether oxygens (including phenoxy) is 1. The van der Waals surface area contributed by atoms with Crippen molar-refractivity contribution in [2.24, 2.45) is 11.8 Å². The van der Waals surface area contributed by atoms with E-state index >= 15 is 0 Å². The van der Waals surface area contributed by atoms with Gasteiger partial charge >= 0.3 is 5.97 Å². The van der Waals surface area contributed by atoms with E-state index in [1.54, 1.807) is 30.3 Å². The Hall–Kier alpha value is -2.37. The zero-order chi connectivity index (χ0) is 14.5. The van der Waals surface area contributed by atoms with Crippen molar-refractivity contribution in [3.63, 3.8) is 0 Å². The molecule has 1 saturated carbocycles. The Bertz CT molecular complexity index is 515. The molecule has 0 radical (unpaired) electrons. The molecule has 0 aromatic heterocycles. The normalized spacial score (nSPS) is 19.9. The molecule has 1 aromatic carbocycles. The van der Waals surface area contributed by atoms with Crippen molar-refractivity contribution in [2.75, 3.05) is 6.61 Å². The van der Waals surface area contributed by atoms with Crippen LogP contribution in [-0.4, -0.2) is 24.4 Å². The summed E-state index contributed by atoms with van der Waals surface area (Å²) in [5, 5.41) is 0. The number of hydrazine groups is 1. The molecule has 0 saturated heterocycles. The van der Waals surface area contributed by atoms with E-state index in [0.717, 1.165) is 6.42 Å². The summed E-state index contributed by atoms with van der Waals surface area (Å²) in [5.41, 5.74) is 4.86. The molecule has 0 unspecified atom stereocenters. The summed E-state index contributed by atoms with van der Waals surface area (Å²) in [6.45, 7) is 1.56. The van der Waals surface area contributed by atoms with Gasteiger partial charge in [-0.1, -0.05) is 25.1 Å². The fourth-order valence-corrected chi connectivity index (χ4v) is 1.72. The second kappa shape index (κ2) is 6.18. The zero-order valence-electron chi connectivity index (χ0n) is 11.1. The minimum atomic E-state index is -0.573. The van der Waals surface area contributed by atoms with Gasteiger partial charge in [0.15, 0.2) is 6.61 Å². The maximum atomic E-state index is 11.6. The molecule has 6 heteroatoms. The molecule has 2 atom stereocenters. The quantitative estimate of drug-likeness (QED) is 0.624. The number of carbonyl (C=O) groups is 3. The summed E-state index contributed by atoms with van der Waals surface area (Å²) in [4.78, 5) is 34.4. The molecule has 1 aromatic rings. The van der Waals surface area contributed by atoms with Gasteiger partial charge in [-0.25, -0.2) is 0 Å². The van der Waals surface area contributed by atoms with Crippen LogP contribution >= 0.6 is 0 Å². The highest BCUT2D eigenvalue weighted by Crippen LogP contribution is 2.38. The van der Waals surface area contributed by atoms with E-state index in [-0.39, 0.29) is 11.9 Å². The van der Waals surface area contributed by atoms with Crippen LogP contribution in [0.1, 0.15) is 23.7 Å². The van der Waals surface area contributed by atoms with E-state index in [1.165, 1.54) is 0 Å². The van der Waals surface area contributed by atoms with Crippen LogP contribution in [0.4, 0.5) is 0 Å². The van der Waals surface area contributed by atoms with Crippen LogP contribution < -0.4 is 10.9 Å². The van der Waals surface area contributed by atoms with Gasteiger partial charge < -0.3 is 4.74 Å². The minimum absolute atomic E-state index is 0.0818. The molecule has 20 heavy (non-hydrogen) atoms. The average molecular weight is 276 g/mol. The molecule has 1 aliphatic carbocycles. The number of benzene rings is 1. The standard InChI is InChI=1S/C14H16N2O4/c1-9-7-11(9)14(19)20-8-12(17)15-16-13(18)10-5-3-2-4-6-10/h2-6,9,11H,7-8H2,1H3,(H,15,17)(H,16,18)/t9-,11+/m0/s1. The smallest absolute Gasteiger partial charge is 0.309 e. The van der Waals surface area contributed by atoms with Crippen molar-refractivity contribution in [1.82, 2.24) is 10.9 Å². The predicted octanol–water partition coefficient (Wildman–Crippen LogP) is 0.647. The highest BCUT2D eigenvalue weighted by Gasteiger charge is 2.40. The molecule has 0 bridgehead atoms. The van der Waals surface area contributed by atoms with Crippen LogP contribution in [0.5, 0.6) is 0 Å². The Morgan fingerprint density at radius 1 is 1.20 bits per heavy atom. The Morgan fingerprint density at radius 3 is 2.45 bits per heavy atom. The lowest BCUT2D eigenvalue weighted by atomic mass is 10.2. The molecule has 0 heterocycles. The number of esters is 1. The third kappa shape index (κ3) is 3.81. The van der Waals surface area contributed by atoms with E-state index in [0.29, 0.717) is 11.5 Å². The Labute approximate surface area is 116 Å². The number of carbonyl (C=O) groups excluding carboxylic acids is 3. The lowest BCUT2D eigenvalue weighted by Gasteiger charge is -2.07. The summed E-state index contributed by atoms with van der Waals surface area (Å²) in [7, 11) is 0. The molecule has 2 rings (SSSR count). The van der Waals surface area contributed by atoms with E-state index in [9.17, 15) is 14.4 Å². The Morgan fingerprint density at radius 2 is 1.85 bits per heavy atom. The summed E-state index contributed by atoms with van der Waals surface area (Å²) in [5.74, 6) is -1.11. The lowest BCUT2D eigenvalue weighted by Crippen LogP contribution is -2.43. The fourth-order valence-electron chi connectivity index (χ4n) is 1.72. The maximum Gasteiger partial charge on any atom is 0.309 e. The van der Waals surface area contributed by atoms with Crippen LogP contribution in [-0.2, 0) is 14.3 Å². The molecular formula is C14H16N2O4. The molecule has 6 nitrogen and oxygen atoms in total. The summed E-state index contributed by atoms with van der Waals surface area (Å²) in [6, 6.07) is 8.46. The van der Waals surface area contributed by atoms with Crippen molar-refractivity contribution in [3.8, 4) is 0 Å². The largest absolute Gasteiger partial charge is 0.455 e. The molecule has 0 spiro atoms. The van der Waals surface area contributed by atoms with Gasteiger partial charge in [-0.05, 0) is 24.5 Å². The predicted molar refractivity (Wildman–Crippen MR) is 70.3 cm³/mol. The van der Waals surface area contributed by atoms with E-state index in [2.05, 4.69) is 10.9 Å². The van der Waals surface area contributed by atoms with E-state index in [4.69, 9.17) is 4.74 Å². The maximum absolute atomic E-state index is 11.6. The molecule has 2 N–H and O–H groups in total. The first-order valence-electron chi connectivity index (χ1n) is 6.39. The van der Waals surface area contributed by atoms with Crippen molar-refractivity contribution in [1.29, 1.82) is 0 Å². The zero-order valence-corrected chi connectivity index (χ0v) is 11.1. The monoisotopic (exact) mass is 276 g/mol. The number of nitrogens with one attached hydrogen (secondary N) is 2. The molecule has 106 valence electrons. The second-order valence-corrected chi connectivity index (χ2v) is 4.80. The summed E-state index contributed by atoms with van der Waals surface area (Å²) in [6.07, 6.45) is 0.811. The third-order valence-electron chi connectivity index (χ3n) is 3.11. The van der Waals surface area contributed by atoms with Crippen LogP contribution in [0.15, 0.2) is 30.3 Å². The Balaban J connectivity index is 1.67. The first-order chi connectivity index (χ1) is 9.58. The molecular weight excluding hydrogens is 260 g/mol. The molecule has 1 fully saturated rings. The average Bonchev–Trinajstić information content (AvgIpc) is 3.20. The molecule has 1 aliphatic rings. The van der Waals surface area contributed by atoms with Gasteiger partial charge in [0.25, 0.3) is 11.8 Å². The molecule has 2 amide bonds. The Kier molecular flexibility index (Phi) is 4.34. The summed E-state index contributed by atoms with van der Waals surface area (Å²) >= 11 is 0. The number of hydrogen-bond acceptors (Lipinski definition) is 4. The van der Waals surface area contributed by atoms with Gasteiger partial charge in [0.05, 0.1) is 5.92 Å². The first kappa shape index (κ1) is 14.0. The number of rotatable bonds is 4. The highest BCUT2D eigenvalue weighted by atomic mass is 16.5. The van der Waals surface area contributed by atoms with E-state index < -0.39 is 18.4 Å². The fraction of sp³-hybridized carbons (Fsp3) is 0.357. The highest BCUT2D eigenvalue weighted by molar-refractivity contribution is 5.95. The van der Waals surface area contributed by atoms with Gasteiger partial charge in [-0.15, -0.1) is 0 Å². The van der Waals surface area contributed by atoms with Gasteiger partial charge in [0.1, 0.15) is 0 Å². The number of amides is 2. The van der Waals surface area contributed by atoms with Gasteiger partial charge in [-0.2, -0.15) is 0 Å². The van der Waals surface area contributed by atoms with Crippen molar-refractivity contribution in [3.05, 3.63) is 35.9 Å².